The van der Waals surface area contributed by atoms with Crippen molar-refractivity contribution in [2.24, 2.45) is 0 Å². The maximum atomic E-state index is 10.0. The van der Waals surface area contributed by atoms with Crippen molar-refractivity contribution < 1.29 is 4.52 Å². The summed E-state index contributed by atoms with van der Waals surface area (Å²) in [6.07, 6.45) is 10.9. The lowest BCUT2D eigenvalue weighted by atomic mass is 9.69. The number of imidazole rings is 1. The van der Waals surface area contributed by atoms with Crippen LogP contribution in [-0.2, 0) is 18.3 Å². The van der Waals surface area contributed by atoms with Crippen molar-refractivity contribution in [3.8, 4) is 23.4 Å². The lowest BCUT2D eigenvalue weighted by molar-refractivity contribution is 0.307. The fraction of sp³-hybridized carbons (Fsp3) is 0.483. The fourth-order valence-electron chi connectivity index (χ4n) is 6.28. The summed E-state index contributed by atoms with van der Waals surface area (Å²) in [5.41, 5.74) is 9.06. The Hall–Kier alpha value is -3.75. The van der Waals surface area contributed by atoms with Gasteiger partial charge < -0.3 is 20.5 Å². The summed E-state index contributed by atoms with van der Waals surface area (Å²) in [5, 5.41) is 18.7. The van der Waals surface area contributed by atoms with Crippen molar-refractivity contribution in [3.05, 3.63) is 52.1 Å². The largest absolute Gasteiger partial charge is 0.389 e. The summed E-state index contributed by atoms with van der Waals surface area (Å²) in [5.74, 6) is 2.93. The van der Waals surface area contributed by atoms with Gasteiger partial charge in [-0.1, -0.05) is 18.5 Å². The van der Waals surface area contributed by atoms with Gasteiger partial charge in [0.25, 0.3) is 0 Å². The molecule has 2 atom stereocenters. The van der Waals surface area contributed by atoms with Crippen LogP contribution in [0.2, 0.25) is 0 Å². The van der Waals surface area contributed by atoms with Crippen LogP contribution in [0.15, 0.2) is 29.3 Å². The Morgan fingerprint density at radius 1 is 1.30 bits per heavy atom. The molecule has 0 bridgehead atoms. The average molecular weight is 558 g/mol. The third kappa shape index (κ3) is 4.45. The van der Waals surface area contributed by atoms with Gasteiger partial charge in [-0.3, -0.25) is 4.57 Å². The van der Waals surface area contributed by atoms with Crippen molar-refractivity contribution in [2.75, 3.05) is 30.3 Å². The fourth-order valence-corrected chi connectivity index (χ4v) is 7.47. The predicted molar refractivity (Wildman–Crippen MR) is 156 cm³/mol. The zero-order chi connectivity index (χ0) is 27.9. The molecular weight excluding hydrogens is 522 g/mol. The number of thiophene rings is 1. The van der Waals surface area contributed by atoms with Crippen LogP contribution in [-0.4, -0.2) is 50.4 Å². The minimum atomic E-state index is -0.502. The van der Waals surface area contributed by atoms with Crippen LogP contribution in [0.4, 0.5) is 10.8 Å². The number of nitrogens with two attached hydrogens (primary N) is 1. The second-order valence-corrected chi connectivity index (χ2v) is 12.1. The van der Waals surface area contributed by atoms with Gasteiger partial charge in [-0.15, -0.1) is 11.3 Å². The van der Waals surface area contributed by atoms with Crippen LogP contribution >= 0.6 is 11.3 Å². The first-order chi connectivity index (χ1) is 19.4. The number of hydrogen-bond donors (Lipinski definition) is 2. The summed E-state index contributed by atoms with van der Waals surface area (Å²) >= 11 is 1.53. The Kier molecular flexibility index (Phi) is 7.06. The molecule has 4 aromatic heterocycles. The molecule has 11 heteroatoms. The molecule has 1 aliphatic heterocycles. The standard InChI is InChI=1S/C29H35N9OS/c1-4-7-19-25(36-39-26(19)29(3)9-5-8-21-24(29)20(15-30)27(31)40-21)28-34-22(37-13-11-33-17-37)14-23(35-28)38-12-6-10-32-16-18(38)2/h11,13-14,17-18,32H,4-10,12,16,31H2,1-3H3/t18-,29-/m0/s1. The molecule has 3 N–H and O–H groups in total. The van der Waals surface area contributed by atoms with E-state index in [0.29, 0.717) is 22.1 Å². The average Bonchev–Trinajstić information content (AvgIpc) is 3.67. The number of rotatable bonds is 6. The number of aryl methyl sites for hydroxylation is 1. The number of nitrogens with zero attached hydrogens (tertiary/aromatic N) is 7. The molecule has 208 valence electrons. The van der Waals surface area contributed by atoms with Crippen molar-refractivity contribution >= 4 is 22.2 Å². The second kappa shape index (κ2) is 10.7. The van der Waals surface area contributed by atoms with Gasteiger partial charge in [0, 0.05) is 48.0 Å². The van der Waals surface area contributed by atoms with Crippen LogP contribution in [0.1, 0.15) is 73.8 Å². The van der Waals surface area contributed by atoms with Crippen molar-refractivity contribution in [3.63, 3.8) is 0 Å². The highest BCUT2D eigenvalue weighted by Gasteiger charge is 2.44. The van der Waals surface area contributed by atoms with Crippen molar-refractivity contribution in [1.82, 2.24) is 30.0 Å². The lowest BCUT2D eigenvalue weighted by Gasteiger charge is -2.33. The molecule has 4 aromatic rings. The SMILES string of the molecule is CCCc1c(-c2nc(N3CCCNC[C@@H]3C)cc(-n3ccnc3)n2)noc1[C@@]1(C)CCCc2sc(N)c(C#N)c21. The topological polar surface area (TPSA) is 135 Å². The summed E-state index contributed by atoms with van der Waals surface area (Å²) < 4.78 is 8.15. The minimum Gasteiger partial charge on any atom is -0.389 e. The number of nitriles is 1. The molecule has 5 heterocycles. The molecule has 40 heavy (non-hydrogen) atoms. The lowest BCUT2D eigenvalue weighted by Crippen LogP contribution is -2.38. The van der Waals surface area contributed by atoms with E-state index in [0.717, 1.165) is 86.7 Å². The highest BCUT2D eigenvalue weighted by molar-refractivity contribution is 7.16. The van der Waals surface area contributed by atoms with Crippen LogP contribution in [0.25, 0.3) is 17.3 Å². The van der Waals surface area contributed by atoms with E-state index in [1.807, 2.05) is 16.8 Å². The van der Waals surface area contributed by atoms with E-state index in [4.69, 9.17) is 20.2 Å². The molecule has 2 aliphatic rings. The van der Waals surface area contributed by atoms with E-state index in [1.165, 1.54) is 16.2 Å². The van der Waals surface area contributed by atoms with Crippen LogP contribution in [0, 0.1) is 11.3 Å². The van der Waals surface area contributed by atoms with Gasteiger partial charge in [-0.25, -0.2) is 15.0 Å². The van der Waals surface area contributed by atoms with E-state index >= 15 is 0 Å². The third-order valence-corrected chi connectivity index (χ3v) is 9.32. The van der Waals surface area contributed by atoms with Gasteiger partial charge in [0.2, 0.25) is 0 Å². The van der Waals surface area contributed by atoms with Crippen molar-refractivity contribution in [2.45, 2.75) is 70.8 Å². The molecule has 1 fully saturated rings. The summed E-state index contributed by atoms with van der Waals surface area (Å²) in [4.78, 5) is 17.8. The molecule has 0 unspecified atom stereocenters. The second-order valence-electron chi connectivity index (χ2n) is 11.0. The van der Waals surface area contributed by atoms with Crippen LogP contribution in [0.5, 0.6) is 0 Å². The van der Waals surface area contributed by atoms with Crippen molar-refractivity contribution in [1.29, 1.82) is 5.26 Å². The molecule has 0 aromatic carbocycles. The molecular formula is C29H35N9OS. The summed E-state index contributed by atoms with van der Waals surface area (Å²) in [6.45, 7) is 9.31. The first-order valence-electron chi connectivity index (χ1n) is 14.1. The Morgan fingerprint density at radius 3 is 2.92 bits per heavy atom. The third-order valence-electron chi connectivity index (χ3n) is 8.24. The molecule has 1 saturated heterocycles. The zero-order valence-corrected chi connectivity index (χ0v) is 24.1. The summed E-state index contributed by atoms with van der Waals surface area (Å²) in [6, 6.07) is 4.67. The Bertz CT molecular complexity index is 1550. The van der Waals surface area contributed by atoms with Gasteiger partial charge in [-0.2, -0.15) is 5.26 Å². The number of hydrogen-bond acceptors (Lipinski definition) is 10. The molecule has 0 saturated carbocycles. The highest BCUT2D eigenvalue weighted by atomic mass is 32.1. The van der Waals surface area contributed by atoms with Crippen LogP contribution in [0.3, 0.4) is 0 Å². The Labute approximate surface area is 238 Å². The van der Waals surface area contributed by atoms with E-state index in [1.54, 1.807) is 12.5 Å². The number of nitrogen functional groups attached to an aromatic ring is 1. The van der Waals surface area contributed by atoms with Crippen LogP contribution < -0.4 is 16.0 Å². The van der Waals surface area contributed by atoms with Gasteiger partial charge in [-0.05, 0) is 58.1 Å². The first-order valence-corrected chi connectivity index (χ1v) is 14.9. The zero-order valence-electron chi connectivity index (χ0n) is 23.3. The monoisotopic (exact) mass is 557 g/mol. The summed E-state index contributed by atoms with van der Waals surface area (Å²) in [7, 11) is 0. The smallest absolute Gasteiger partial charge is 0.186 e. The van der Waals surface area contributed by atoms with Gasteiger partial charge in [0.15, 0.2) is 17.3 Å². The molecule has 0 amide bonds. The molecule has 0 radical (unpaired) electrons. The number of fused-ring (bicyclic) bond motifs is 1. The maximum absolute atomic E-state index is 10.0. The van der Waals surface area contributed by atoms with E-state index in [9.17, 15) is 5.26 Å². The predicted octanol–water partition coefficient (Wildman–Crippen LogP) is 4.62. The quantitative estimate of drug-likeness (QED) is 0.348. The Morgan fingerprint density at radius 2 is 2.15 bits per heavy atom. The first kappa shape index (κ1) is 26.5. The van der Waals surface area contributed by atoms with Gasteiger partial charge in [0.1, 0.15) is 29.0 Å². The van der Waals surface area contributed by atoms with Gasteiger partial charge >= 0.3 is 0 Å². The molecule has 10 nitrogen and oxygen atoms in total. The number of nitrogens with one attached hydrogen (secondary N) is 1. The normalized spacial score (nSPS) is 21.1. The number of aromatic nitrogens is 5. The molecule has 6 rings (SSSR count). The number of anilines is 2. The van der Waals surface area contributed by atoms with E-state index in [2.05, 4.69) is 47.2 Å². The molecule has 1 aliphatic carbocycles. The van der Waals surface area contributed by atoms with Gasteiger partial charge in [0.05, 0.1) is 11.0 Å². The Balaban J connectivity index is 1.52. The van der Waals surface area contributed by atoms with E-state index in [-0.39, 0.29) is 6.04 Å². The maximum Gasteiger partial charge on any atom is 0.186 e. The minimum absolute atomic E-state index is 0.275. The van der Waals surface area contributed by atoms with E-state index < -0.39 is 5.41 Å². The molecule has 0 spiro atoms. The highest BCUT2D eigenvalue weighted by Crippen LogP contribution is 2.50.